The smallest absolute Gasteiger partial charge is 0.147 e. The summed E-state index contributed by atoms with van der Waals surface area (Å²) in [7, 11) is 0. The van der Waals surface area contributed by atoms with Crippen LogP contribution in [-0.4, -0.2) is 0 Å². The summed E-state index contributed by atoms with van der Waals surface area (Å²) in [5, 5.41) is 0. The second kappa shape index (κ2) is 8.35. The Labute approximate surface area is 172 Å². The van der Waals surface area contributed by atoms with Gasteiger partial charge >= 0.3 is 149 Å². The van der Waals surface area contributed by atoms with Crippen LogP contribution in [0.2, 0.25) is 0 Å². The summed E-state index contributed by atoms with van der Waals surface area (Å²) in [6.07, 6.45) is 7.63. The molecule has 0 spiro atoms. The number of fused-ring (bicyclic) bond motifs is 2. The molecule has 0 saturated heterocycles. The zero-order chi connectivity index (χ0) is 15.1. The molecule has 2 aliphatic rings. The van der Waals surface area contributed by atoms with Crippen molar-refractivity contribution in [2.45, 2.75) is 42.2 Å². The fraction of sp³-hybridized carbons (Fsp3) is 0.333. The third-order valence-corrected chi connectivity index (χ3v) is 6.38. The molecule has 0 nitrogen and oxygen atoms in total. The van der Waals surface area contributed by atoms with E-state index in [0.717, 1.165) is 0 Å². The molecule has 0 saturated carbocycles. The number of halogens is 2. The molecule has 0 heterocycles. The molecule has 0 radical (unpaired) electrons. The first-order valence-electron chi connectivity index (χ1n) is 8.35. The molecule has 125 valence electrons. The third kappa shape index (κ3) is 3.74. The van der Waals surface area contributed by atoms with E-state index in [2.05, 4.69) is 55.5 Å². The van der Waals surface area contributed by atoms with Gasteiger partial charge in [-0.1, -0.05) is 0 Å². The molecule has 0 fully saturated rings. The van der Waals surface area contributed by atoms with Crippen LogP contribution in [-0.2, 0) is 37.6 Å². The van der Waals surface area contributed by atoms with Gasteiger partial charge in [-0.15, -0.1) is 24.8 Å². The van der Waals surface area contributed by atoms with Gasteiger partial charge in [0.15, 0.2) is 0 Å². The summed E-state index contributed by atoms with van der Waals surface area (Å²) in [5.74, 6) is 0.592. The minimum absolute atomic E-state index is 0. The van der Waals surface area contributed by atoms with E-state index in [1.807, 2.05) is 0 Å². The molecule has 2 atom stereocenters. The first-order chi connectivity index (χ1) is 10.7. The van der Waals surface area contributed by atoms with Gasteiger partial charge in [-0.25, -0.2) is 0 Å². The number of allylic oxidation sites excluding steroid dienone is 2. The number of benzene rings is 2. The van der Waals surface area contributed by atoms with E-state index in [4.69, 9.17) is 0 Å². The van der Waals surface area contributed by atoms with Crippen molar-refractivity contribution < 1.29 is 24.7 Å². The zero-order valence-corrected chi connectivity index (χ0v) is 18.0. The Hall–Kier alpha value is -0.357. The number of aryl methyl sites for hydroxylation is 2. The van der Waals surface area contributed by atoms with Crippen LogP contribution in [0.25, 0.3) is 5.57 Å². The minimum Gasteiger partial charge on any atom is -0.147 e. The molecule has 2 aliphatic carbocycles. The second-order valence-electron chi connectivity index (χ2n) is 6.75. The normalized spacial score (nSPS) is 18.7. The molecule has 0 aliphatic heterocycles. The summed E-state index contributed by atoms with van der Waals surface area (Å²) in [4.78, 5) is 0. The van der Waals surface area contributed by atoms with Crippen molar-refractivity contribution in [2.24, 2.45) is 0 Å². The molecule has 4 rings (SSSR count). The van der Waals surface area contributed by atoms with Crippen molar-refractivity contribution in [3.63, 3.8) is 0 Å². The maximum absolute atomic E-state index is 2.54. The van der Waals surface area contributed by atoms with E-state index >= 15 is 0 Å². The molecule has 0 N–H and O–H groups in total. The molecule has 2 unspecified atom stereocenters. The Morgan fingerprint density at radius 1 is 1.04 bits per heavy atom. The van der Waals surface area contributed by atoms with Crippen molar-refractivity contribution in [1.29, 1.82) is 0 Å². The van der Waals surface area contributed by atoms with Crippen molar-refractivity contribution in [1.82, 2.24) is 0 Å². The predicted molar refractivity (Wildman–Crippen MR) is 103 cm³/mol. The summed E-state index contributed by atoms with van der Waals surface area (Å²) in [6.45, 7) is 2.36. The van der Waals surface area contributed by atoms with Crippen LogP contribution in [0.3, 0.4) is 0 Å². The Kier molecular flexibility index (Phi) is 6.94. The van der Waals surface area contributed by atoms with Gasteiger partial charge in [0, 0.05) is 0 Å². The second-order valence-corrected chi connectivity index (χ2v) is 8.28. The monoisotopic (exact) mass is 435 g/mol. The predicted octanol–water partition coefficient (Wildman–Crippen LogP) is 6.20. The molecular weight excluding hydrogens is 414 g/mol. The average molecular weight is 438 g/mol. The average Bonchev–Trinajstić information content (AvgIpc) is 3.11. The molecular formula is C21H23Cl2Zr. The van der Waals surface area contributed by atoms with Gasteiger partial charge in [0.05, 0.1) is 0 Å². The van der Waals surface area contributed by atoms with Crippen LogP contribution in [0.5, 0.6) is 0 Å². The van der Waals surface area contributed by atoms with E-state index in [1.165, 1.54) is 31.2 Å². The van der Waals surface area contributed by atoms with Gasteiger partial charge in [0.1, 0.15) is 0 Å². The summed E-state index contributed by atoms with van der Waals surface area (Å²) < 4.78 is 0.672. The van der Waals surface area contributed by atoms with Gasteiger partial charge in [0.25, 0.3) is 0 Å². The summed E-state index contributed by atoms with van der Waals surface area (Å²) in [5.41, 5.74) is 9.44. The molecule has 0 aromatic heterocycles. The van der Waals surface area contributed by atoms with Gasteiger partial charge in [-0.3, -0.25) is 0 Å². The SMILES string of the molecule is CC(CC1=C[CH]([Zr])c2cc3c(cc21)CCC3)c1ccccc1.Cl.Cl. The van der Waals surface area contributed by atoms with E-state index < -0.39 is 0 Å². The van der Waals surface area contributed by atoms with E-state index in [1.54, 1.807) is 52.5 Å². The fourth-order valence-electron chi connectivity index (χ4n) is 3.97. The maximum atomic E-state index is 2.54. The Bertz CT molecular complexity index is 737. The van der Waals surface area contributed by atoms with Crippen molar-refractivity contribution >= 4 is 30.4 Å². The fourth-order valence-corrected chi connectivity index (χ4v) is 5.05. The Morgan fingerprint density at radius 2 is 1.71 bits per heavy atom. The first-order valence-corrected chi connectivity index (χ1v) is 9.77. The van der Waals surface area contributed by atoms with Gasteiger partial charge in [-0.2, -0.15) is 0 Å². The Balaban J connectivity index is 0.00000104. The molecule has 0 amide bonds. The van der Waals surface area contributed by atoms with Crippen molar-refractivity contribution in [3.8, 4) is 0 Å². The quantitative estimate of drug-likeness (QED) is 0.537. The molecule has 0 bridgehead atoms. The third-order valence-electron chi connectivity index (χ3n) is 5.21. The van der Waals surface area contributed by atoms with Crippen LogP contribution in [0, 0.1) is 0 Å². The summed E-state index contributed by atoms with van der Waals surface area (Å²) in [6, 6.07) is 16.0. The molecule has 24 heavy (non-hydrogen) atoms. The van der Waals surface area contributed by atoms with Gasteiger partial charge < -0.3 is 0 Å². The number of hydrogen-bond donors (Lipinski definition) is 0. The first kappa shape index (κ1) is 20.0. The molecule has 2 aromatic rings. The van der Waals surface area contributed by atoms with Crippen LogP contribution in [0.1, 0.15) is 57.1 Å². The van der Waals surface area contributed by atoms with E-state index in [0.29, 0.717) is 9.54 Å². The van der Waals surface area contributed by atoms with Crippen LogP contribution in [0.15, 0.2) is 48.5 Å². The number of rotatable bonds is 3. The largest absolute Gasteiger partial charge is 0.147 e. The molecule has 2 aromatic carbocycles. The zero-order valence-electron chi connectivity index (χ0n) is 13.9. The van der Waals surface area contributed by atoms with Gasteiger partial charge in [-0.05, 0) is 0 Å². The summed E-state index contributed by atoms with van der Waals surface area (Å²) >= 11 is 1.62. The van der Waals surface area contributed by atoms with Crippen LogP contribution < -0.4 is 0 Å². The van der Waals surface area contributed by atoms with Crippen molar-refractivity contribution in [2.75, 3.05) is 0 Å². The Morgan fingerprint density at radius 3 is 2.42 bits per heavy atom. The van der Waals surface area contributed by atoms with Crippen molar-refractivity contribution in [3.05, 3.63) is 76.4 Å². The van der Waals surface area contributed by atoms with E-state index in [9.17, 15) is 0 Å². The molecule has 3 heteroatoms. The van der Waals surface area contributed by atoms with Crippen LogP contribution >= 0.6 is 24.8 Å². The minimum atomic E-state index is 0. The topological polar surface area (TPSA) is 0 Å². The van der Waals surface area contributed by atoms with Gasteiger partial charge in [0.2, 0.25) is 0 Å². The van der Waals surface area contributed by atoms with E-state index in [-0.39, 0.29) is 24.8 Å². The number of hydrogen-bond acceptors (Lipinski definition) is 0. The standard InChI is InChI=1S/C21H21.2ClH.Zr/c1-15(16-6-3-2-4-7-16)12-19-10-11-20-13-17-8-5-9-18(17)14-21(19)20;;;/h2-4,6-7,10-11,13-15H,5,8-9,12H2,1H3;2*1H;. The maximum Gasteiger partial charge on any atom is -0.147 e. The van der Waals surface area contributed by atoms with Crippen LogP contribution in [0.4, 0.5) is 0 Å².